The number of rotatable bonds is 5. The van der Waals surface area contributed by atoms with Gasteiger partial charge in [0.2, 0.25) is 0 Å². The third-order valence-corrected chi connectivity index (χ3v) is 3.26. The lowest BCUT2D eigenvalue weighted by atomic mass is 10.1. The van der Waals surface area contributed by atoms with Gasteiger partial charge in [0, 0.05) is 16.3 Å². The fourth-order valence-electron chi connectivity index (χ4n) is 1.97. The predicted octanol–water partition coefficient (Wildman–Crippen LogP) is 4.33. The molecule has 21 heavy (non-hydrogen) atoms. The van der Waals surface area contributed by atoms with E-state index in [4.69, 9.17) is 16.3 Å². The number of carbonyl (C=O) groups excluding carboxylic acids is 1. The van der Waals surface area contributed by atoms with E-state index in [9.17, 15) is 4.79 Å². The molecule has 1 N–H and O–H groups in total. The van der Waals surface area contributed by atoms with Crippen LogP contribution < -0.4 is 10.1 Å². The molecule has 3 nitrogen and oxygen atoms in total. The van der Waals surface area contributed by atoms with Crippen molar-refractivity contribution in [1.29, 1.82) is 0 Å². The number of benzene rings is 2. The van der Waals surface area contributed by atoms with Crippen molar-refractivity contribution in [2.45, 2.75) is 6.42 Å². The van der Waals surface area contributed by atoms with Crippen molar-refractivity contribution in [3.05, 3.63) is 71.3 Å². The summed E-state index contributed by atoms with van der Waals surface area (Å²) in [5.41, 5.74) is 2.20. The van der Waals surface area contributed by atoms with E-state index in [-0.39, 0.29) is 5.91 Å². The van der Waals surface area contributed by atoms with Gasteiger partial charge in [-0.05, 0) is 54.4 Å². The zero-order chi connectivity index (χ0) is 15.2. The number of ether oxygens (including phenoxy) is 1. The molecular weight excluding hydrogens is 286 g/mol. The second-order valence-electron chi connectivity index (χ2n) is 4.48. The van der Waals surface area contributed by atoms with Crippen LogP contribution in [0, 0.1) is 0 Å². The first-order chi connectivity index (χ1) is 10.1. The monoisotopic (exact) mass is 301 g/mol. The molecule has 108 valence electrons. The van der Waals surface area contributed by atoms with Crippen LogP contribution in [0.1, 0.15) is 15.9 Å². The van der Waals surface area contributed by atoms with E-state index >= 15 is 0 Å². The number of halogens is 1. The molecule has 1 amide bonds. The molecule has 0 aliphatic carbocycles. The number of methoxy groups -OCH3 is 1. The first kappa shape index (κ1) is 15.1. The number of allylic oxidation sites excluding steroid dienone is 1. The number of hydrogen-bond acceptors (Lipinski definition) is 2. The highest BCUT2D eigenvalue weighted by atomic mass is 35.5. The minimum Gasteiger partial charge on any atom is -0.496 e. The second kappa shape index (κ2) is 6.95. The summed E-state index contributed by atoms with van der Waals surface area (Å²) < 4.78 is 5.27. The van der Waals surface area contributed by atoms with E-state index in [2.05, 4.69) is 11.9 Å². The molecular formula is C17H16ClNO2. The summed E-state index contributed by atoms with van der Waals surface area (Å²) in [4.78, 5) is 12.2. The lowest BCUT2D eigenvalue weighted by Gasteiger charge is -2.10. The fourth-order valence-corrected chi connectivity index (χ4v) is 2.10. The minimum atomic E-state index is -0.176. The molecule has 0 saturated heterocycles. The Hall–Kier alpha value is -2.26. The predicted molar refractivity (Wildman–Crippen MR) is 86.3 cm³/mol. The zero-order valence-electron chi connectivity index (χ0n) is 11.7. The maximum absolute atomic E-state index is 12.2. The van der Waals surface area contributed by atoms with Gasteiger partial charge in [0.15, 0.2) is 0 Å². The first-order valence-corrected chi connectivity index (χ1v) is 6.86. The van der Waals surface area contributed by atoms with Gasteiger partial charge in [-0.1, -0.05) is 17.7 Å². The number of nitrogens with one attached hydrogen (secondary N) is 1. The van der Waals surface area contributed by atoms with Crippen LogP contribution in [0.5, 0.6) is 5.75 Å². The number of carbonyl (C=O) groups is 1. The third kappa shape index (κ3) is 3.86. The Morgan fingerprint density at radius 1 is 1.29 bits per heavy atom. The SMILES string of the molecule is C=CCc1cc(C(=O)Nc2ccc(Cl)cc2)ccc1OC. The molecule has 0 atom stereocenters. The van der Waals surface area contributed by atoms with Crippen LogP contribution >= 0.6 is 11.6 Å². The Bertz CT molecular complexity index is 650. The summed E-state index contributed by atoms with van der Waals surface area (Å²) in [6, 6.07) is 12.3. The highest BCUT2D eigenvalue weighted by Gasteiger charge is 2.10. The summed E-state index contributed by atoms with van der Waals surface area (Å²) in [6.45, 7) is 3.71. The molecule has 0 spiro atoms. The molecule has 2 aromatic rings. The van der Waals surface area contributed by atoms with Crippen molar-refractivity contribution in [2.75, 3.05) is 12.4 Å². The van der Waals surface area contributed by atoms with Gasteiger partial charge in [0.05, 0.1) is 7.11 Å². The van der Waals surface area contributed by atoms with Gasteiger partial charge >= 0.3 is 0 Å². The van der Waals surface area contributed by atoms with Crippen LogP contribution in [-0.4, -0.2) is 13.0 Å². The number of anilines is 1. The molecule has 2 aromatic carbocycles. The highest BCUT2D eigenvalue weighted by molar-refractivity contribution is 6.30. The summed E-state index contributed by atoms with van der Waals surface area (Å²) in [7, 11) is 1.61. The highest BCUT2D eigenvalue weighted by Crippen LogP contribution is 2.22. The molecule has 0 bridgehead atoms. The Balaban J connectivity index is 2.20. The largest absolute Gasteiger partial charge is 0.496 e. The summed E-state index contributed by atoms with van der Waals surface area (Å²) in [5.74, 6) is 0.572. The zero-order valence-corrected chi connectivity index (χ0v) is 12.5. The third-order valence-electron chi connectivity index (χ3n) is 3.01. The Morgan fingerprint density at radius 3 is 2.62 bits per heavy atom. The van der Waals surface area contributed by atoms with Gasteiger partial charge in [0.1, 0.15) is 5.75 Å². The van der Waals surface area contributed by atoms with Crippen LogP contribution in [0.3, 0.4) is 0 Å². The summed E-state index contributed by atoms with van der Waals surface area (Å²) in [5, 5.41) is 3.46. The van der Waals surface area contributed by atoms with E-state index in [1.54, 1.807) is 49.6 Å². The average Bonchev–Trinajstić information content (AvgIpc) is 2.50. The van der Waals surface area contributed by atoms with Crippen molar-refractivity contribution in [1.82, 2.24) is 0 Å². The van der Waals surface area contributed by atoms with Crippen molar-refractivity contribution in [3.63, 3.8) is 0 Å². The van der Waals surface area contributed by atoms with Crippen molar-refractivity contribution >= 4 is 23.2 Å². The fraction of sp³-hybridized carbons (Fsp3) is 0.118. The minimum absolute atomic E-state index is 0.176. The standard InChI is InChI=1S/C17H16ClNO2/c1-3-4-12-11-13(5-10-16(12)21-2)17(20)19-15-8-6-14(18)7-9-15/h3,5-11H,1,4H2,2H3,(H,19,20). The lowest BCUT2D eigenvalue weighted by Crippen LogP contribution is -2.12. The van der Waals surface area contributed by atoms with Gasteiger partial charge in [-0.25, -0.2) is 0 Å². The van der Waals surface area contributed by atoms with Crippen molar-refractivity contribution in [3.8, 4) is 5.75 Å². The molecule has 0 aromatic heterocycles. The average molecular weight is 302 g/mol. The van der Waals surface area contributed by atoms with Crippen LogP contribution in [0.15, 0.2) is 55.1 Å². The van der Waals surface area contributed by atoms with Gasteiger partial charge in [-0.2, -0.15) is 0 Å². The molecule has 4 heteroatoms. The van der Waals surface area contributed by atoms with E-state index in [0.717, 1.165) is 11.3 Å². The molecule has 0 saturated carbocycles. The van der Waals surface area contributed by atoms with Gasteiger partial charge in [0.25, 0.3) is 5.91 Å². The maximum Gasteiger partial charge on any atom is 0.255 e. The van der Waals surface area contributed by atoms with Gasteiger partial charge < -0.3 is 10.1 Å². The molecule has 0 aliphatic heterocycles. The summed E-state index contributed by atoms with van der Waals surface area (Å²) >= 11 is 5.82. The van der Waals surface area contributed by atoms with E-state index in [1.165, 1.54) is 0 Å². The second-order valence-corrected chi connectivity index (χ2v) is 4.92. The number of hydrogen-bond donors (Lipinski definition) is 1. The normalized spacial score (nSPS) is 10.0. The Morgan fingerprint density at radius 2 is 2.00 bits per heavy atom. The smallest absolute Gasteiger partial charge is 0.255 e. The topological polar surface area (TPSA) is 38.3 Å². The first-order valence-electron chi connectivity index (χ1n) is 6.48. The van der Waals surface area contributed by atoms with Crippen molar-refractivity contribution < 1.29 is 9.53 Å². The number of amides is 1. The molecule has 0 radical (unpaired) electrons. The van der Waals surface area contributed by atoms with E-state index in [0.29, 0.717) is 22.7 Å². The van der Waals surface area contributed by atoms with Crippen molar-refractivity contribution in [2.24, 2.45) is 0 Å². The van der Waals surface area contributed by atoms with Crippen LogP contribution in [0.25, 0.3) is 0 Å². The lowest BCUT2D eigenvalue weighted by molar-refractivity contribution is 0.102. The summed E-state index contributed by atoms with van der Waals surface area (Å²) in [6.07, 6.45) is 2.42. The van der Waals surface area contributed by atoms with E-state index in [1.807, 2.05) is 6.07 Å². The molecule has 2 rings (SSSR count). The van der Waals surface area contributed by atoms with Crippen LogP contribution in [0.4, 0.5) is 5.69 Å². The molecule has 0 heterocycles. The molecule has 0 unspecified atom stereocenters. The van der Waals surface area contributed by atoms with Crippen LogP contribution in [0.2, 0.25) is 5.02 Å². The Labute approximate surface area is 129 Å². The van der Waals surface area contributed by atoms with E-state index < -0.39 is 0 Å². The van der Waals surface area contributed by atoms with Crippen LogP contribution in [-0.2, 0) is 6.42 Å². The van der Waals surface area contributed by atoms with Gasteiger partial charge in [-0.15, -0.1) is 6.58 Å². The Kier molecular flexibility index (Phi) is 5.01. The quantitative estimate of drug-likeness (QED) is 0.835. The molecule has 0 fully saturated rings. The maximum atomic E-state index is 12.2. The molecule has 0 aliphatic rings. The van der Waals surface area contributed by atoms with Gasteiger partial charge in [-0.3, -0.25) is 4.79 Å².